The van der Waals surface area contributed by atoms with Crippen molar-refractivity contribution in [3.8, 4) is 11.5 Å². The minimum absolute atomic E-state index is 0. The van der Waals surface area contributed by atoms with E-state index >= 15 is 0 Å². The molecule has 0 radical (unpaired) electrons. The Labute approximate surface area is 154 Å². The topological polar surface area (TPSA) is 97.0 Å². The largest absolute Gasteiger partial charge is 0.493 e. The van der Waals surface area contributed by atoms with E-state index in [0.717, 1.165) is 12.8 Å². The molecular formula is C15H24ClN3O5S. The predicted molar refractivity (Wildman–Crippen MR) is 98.6 cm³/mol. The van der Waals surface area contributed by atoms with E-state index < -0.39 is 10.0 Å². The Balaban J connectivity index is 0.00000312. The quantitative estimate of drug-likeness (QED) is 0.772. The molecule has 1 saturated heterocycles. The first-order valence-corrected chi connectivity index (χ1v) is 9.41. The Kier molecular flexibility index (Phi) is 7.33. The molecule has 8 nitrogen and oxygen atoms in total. The van der Waals surface area contributed by atoms with Gasteiger partial charge in [0, 0.05) is 31.2 Å². The Bertz CT molecular complexity index is 726. The number of amides is 1. The third kappa shape index (κ3) is 5.13. The molecule has 142 valence electrons. The van der Waals surface area contributed by atoms with Gasteiger partial charge < -0.3 is 19.7 Å². The van der Waals surface area contributed by atoms with Gasteiger partial charge in [-0.2, -0.15) is 0 Å². The van der Waals surface area contributed by atoms with Gasteiger partial charge in [-0.3, -0.25) is 9.52 Å². The van der Waals surface area contributed by atoms with Gasteiger partial charge in [0.25, 0.3) is 5.91 Å². The molecule has 1 aliphatic heterocycles. The van der Waals surface area contributed by atoms with Gasteiger partial charge in [-0.25, -0.2) is 8.42 Å². The van der Waals surface area contributed by atoms with E-state index in [0.29, 0.717) is 18.7 Å². The van der Waals surface area contributed by atoms with Gasteiger partial charge in [-0.15, -0.1) is 12.4 Å². The van der Waals surface area contributed by atoms with Crippen LogP contribution in [0.1, 0.15) is 17.3 Å². The first kappa shape index (κ1) is 21.3. The number of halogens is 1. The standard InChI is InChI=1S/C15H23N3O5S.ClH/c1-10-9-16-5-6-18(10)15(19)11-7-12(17-24(4,20)21)14(23-3)13(8-11)22-2;/h7-8,10,16-17H,5-6,9H2,1-4H3;1H. The lowest BCUT2D eigenvalue weighted by Gasteiger charge is -2.34. The van der Waals surface area contributed by atoms with Crippen molar-refractivity contribution in [2.24, 2.45) is 0 Å². The van der Waals surface area contributed by atoms with Gasteiger partial charge in [0.2, 0.25) is 10.0 Å². The summed E-state index contributed by atoms with van der Waals surface area (Å²) in [5, 5.41) is 3.22. The van der Waals surface area contributed by atoms with Gasteiger partial charge in [-0.1, -0.05) is 0 Å². The molecule has 1 aromatic carbocycles. The molecule has 1 aromatic rings. The second-order valence-electron chi connectivity index (χ2n) is 5.69. The number of carbonyl (C=O) groups is 1. The molecule has 2 N–H and O–H groups in total. The molecule has 1 aliphatic rings. The number of sulfonamides is 1. The van der Waals surface area contributed by atoms with Crippen molar-refractivity contribution in [2.45, 2.75) is 13.0 Å². The van der Waals surface area contributed by atoms with Crippen LogP contribution >= 0.6 is 12.4 Å². The second kappa shape index (κ2) is 8.59. The molecule has 0 aliphatic carbocycles. The zero-order valence-electron chi connectivity index (χ0n) is 14.7. The minimum Gasteiger partial charge on any atom is -0.493 e. The fraction of sp³-hybridized carbons (Fsp3) is 0.533. The predicted octanol–water partition coefficient (Wildman–Crippen LogP) is 0.931. The average molecular weight is 394 g/mol. The van der Waals surface area contributed by atoms with E-state index in [1.807, 2.05) is 6.92 Å². The number of ether oxygens (including phenoxy) is 2. The molecule has 1 amide bonds. The summed E-state index contributed by atoms with van der Waals surface area (Å²) in [5.41, 5.74) is 0.512. The highest BCUT2D eigenvalue weighted by atomic mass is 35.5. The first-order chi connectivity index (χ1) is 11.3. The highest BCUT2D eigenvalue weighted by molar-refractivity contribution is 7.92. The molecule has 0 spiro atoms. The Morgan fingerprint density at radius 3 is 2.52 bits per heavy atom. The molecule has 1 atom stereocenters. The Morgan fingerprint density at radius 2 is 2.00 bits per heavy atom. The van der Waals surface area contributed by atoms with Crippen molar-refractivity contribution in [2.75, 3.05) is 44.8 Å². The number of hydrogen-bond donors (Lipinski definition) is 2. The number of piperazine rings is 1. The lowest BCUT2D eigenvalue weighted by molar-refractivity contribution is 0.0655. The third-order valence-corrected chi connectivity index (χ3v) is 4.37. The Morgan fingerprint density at radius 1 is 1.32 bits per heavy atom. The van der Waals surface area contributed by atoms with Crippen molar-refractivity contribution in [3.63, 3.8) is 0 Å². The summed E-state index contributed by atoms with van der Waals surface area (Å²) in [5.74, 6) is 0.339. The van der Waals surface area contributed by atoms with E-state index in [-0.39, 0.29) is 41.5 Å². The van der Waals surface area contributed by atoms with E-state index in [4.69, 9.17) is 9.47 Å². The van der Waals surface area contributed by atoms with Crippen molar-refractivity contribution in [3.05, 3.63) is 17.7 Å². The molecule has 10 heteroatoms. The van der Waals surface area contributed by atoms with Crippen LogP contribution in [0.2, 0.25) is 0 Å². The molecule has 0 saturated carbocycles. The van der Waals surface area contributed by atoms with Gasteiger partial charge in [0.1, 0.15) is 0 Å². The van der Waals surface area contributed by atoms with Crippen LogP contribution in [0.25, 0.3) is 0 Å². The number of benzene rings is 1. The molecule has 2 rings (SSSR count). The van der Waals surface area contributed by atoms with E-state index in [1.165, 1.54) is 20.3 Å². The van der Waals surface area contributed by atoms with Gasteiger partial charge in [0.05, 0.1) is 26.2 Å². The first-order valence-electron chi connectivity index (χ1n) is 7.52. The zero-order chi connectivity index (χ0) is 17.9. The average Bonchev–Trinajstić information content (AvgIpc) is 2.52. The van der Waals surface area contributed by atoms with Crippen LogP contribution in [-0.2, 0) is 10.0 Å². The van der Waals surface area contributed by atoms with Crippen LogP contribution in [0.4, 0.5) is 5.69 Å². The lowest BCUT2D eigenvalue weighted by atomic mass is 10.1. The molecule has 1 heterocycles. The molecule has 25 heavy (non-hydrogen) atoms. The van der Waals surface area contributed by atoms with Gasteiger partial charge >= 0.3 is 0 Å². The number of nitrogens with one attached hydrogen (secondary N) is 2. The third-order valence-electron chi connectivity index (χ3n) is 3.78. The summed E-state index contributed by atoms with van der Waals surface area (Å²) in [4.78, 5) is 14.6. The van der Waals surface area contributed by atoms with Crippen LogP contribution in [-0.4, -0.2) is 65.4 Å². The van der Waals surface area contributed by atoms with Crippen LogP contribution < -0.4 is 19.5 Å². The maximum Gasteiger partial charge on any atom is 0.254 e. The van der Waals surface area contributed by atoms with E-state index in [1.54, 1.807) is 11.0 Å². The zero-order valence-corrected chi connectivity index (χ0v) is 16.3. The van der Waals surface area contributed by atoms with Crippen molar-refractivity contribution >= 4 is 34.0 Å². The van der Waals surface area contributed by atoms with Crippen molar-refractivity contribution in [1.29, 1.82) is 0 Å². The lowest BCUT2D eigenvalue weighted by Crippen LogP contribution is -2.52. The van der Waals surface area contributed by atoms with Crippen molar-refractivity contribution in [1.82, 2.24) is 10.2 Å². The van der Waals surface area contributed by atoms with E-state index in [2.05, 4.69) is 10.0 Å². The fourth-order valence-electron chi connectivity index (χ4n) is 2.67. The normalized spacial score (nSPS) is 17.4. The SMILES string of the molecule is COc1cc(C(=O)N2CCNCC2C)cc(NS(C)(=O)=O)c1OC.Cl. The monoisotopic (exact) mass is 393 g/mol. The van der Waals surface area contributed by atoms with Crippen LogP contribution in [0, 0.1) is 0 Å². The maximum absolute atomic E-state index is 12.8. The fourth-order valence-corrected chi connectivity index (χ4v) is 3.22. The maximum atomic E-state index is 12.8. The summed E-state index contributed by atoms with van der Waals surface area (Å²) in [6, 6.07) is 3.08. The summed E-state index contributed by atoms with van der Waals surface area (Å²) >= 11 is 0. The highest BCUT2D eigenvalue weighted by Crippen LogP contribution is 2.37. The molecule has 0 bridgehead atoms. The van der Waals surface area contributed by atoms with Crippen LogP contribution in [0.3, 0.4) is 0 Å². The number of carbonyl (C=O) groups excluding carboxylic acids is 1. The van der Waals surface area contributed by atoms with E-state index in [9.17, 15) is 13.2 Å². The second-order valence-corrected chi connectivity index (χ2v) is 7.43. The number of methoxy groups -OCH3 is 2. The summed E-state index contributed by atoms with van der Waals surface area (Å²) in [6.45, 7) is 3.98. The molecule has 1 fully saturated rings. The Hall–Kier alpha value is -1.71. The number of hydrogen-bond acceptors (Lipinski definition) is 6. The summed E-state index contributed by atoms with van der Waals surface area (Å²) < 4.78 is 36.0. The number of rotatable bonds is 5. The number of anilines is 1. The minimum atomic E-state index is -3.53. The van der Waals surface area contributed by atoms with Crippen LogP contribution in [0.15, 0.2) is 12.1 Å². The molecule has 1 unspecified atom stereocenters. The number of nitrogens with zero attached hydrogens (tertiary/aromatic N) is 1. The summed E-state index contributed by atoms with van der Waals surface area (Å²) in [6.07, 6.45) is 1.03. The smallest absolute Gasteiger partial charge is 0.254 e. The van der Waals surface area contributed by atoms with Gasteiger partial charge in [0.15, 0.2) is 11.5 Å². The van der Waals surface area contributed by atoms with Crippen LogP contribution in [0.5, 0.6) is 11.5 Å². The molecular weight excluding hydrogens is 370 g/mol. The van der Waals surface area contributed by atoms with Gasteiger partial charge in [-0.05, 0) is 19.1 Å². The highest BCUT2D eigenvalue weighted by Gasteiger charge is 2.26. The molecule has 0 aromatic heterocycles. The van der Waals surface area contributed by atoms with Crippen molar-refractivity contribution < 1.29 is 22.7 Å². The summed E-state index contributed by atoms with van der Waals surface area (Å²) in [7, 11) is -0.691.